The van der Waals surface area contributed by atoms with Crippen LogP contribution in [0.1, 0.15) is 21.7 Å². The van der Waals surface area contributed by atoms with Crippen molar-refractivity contribution in [3.8, 4) is 44.0 Å². The summed E-state index contributed by atoms with van der Waals surface area (Å²) in [5.41, 5.74) is 11.0. The maximum Gasteiger partial charge on any atom is 2.00 e. The van der Waals surface area contributed by atoms with Crippen LogP contribution in [0.3, 0.4) is 0 Å². The molecule has 0 fully saturated rings. The average Bonchev–Trinajstić information content (AvgIpc) is 3.44. The molecule has 0 N–H and O–H groups in total. The molecule has 0 unspecified atom stereocenters. The first kappa shape index (κ1) is 35.1. The van der Waals surface area contributed by atoms with Crippen molar-refractivity contribution >= 4 is 41.2 Å². The number of aryl methyl sites for hydroxylation is 2. The third kappa shape index (κ3) is 8.05. The standard InChI is InChI=1S/2C18H16P.2ClH.Zr/c2*1-13-17(15-9-5-3-6-10-15)14(2)19-18(13)16-11-7-4-8-12-16;;;/h2*3-12H,1-2H3;2*1H;/q2*-1;;;+2. The molecule has 4 aromatic carbocycles. The summed E-state index contributed by atoms with van der Waals surface area (Å²) in [5.74, 6) is 0. The van der Waals surface area contributed by atoms with E-state index >= 15 is 0 Å². The van der Waals surface area contributed by atoms with Crippen molar-refractivity contribution in [2.24, 2.45) is 0 Å². The summed E-state index contributed by atoms with van der Waals surface area (Å²) in [6, 6.07) is 42.8. The molecule has 0 aliphatic heterocycles. The Hall–Kier alpha value is -2.10. The van der Waals surface area contributed by atoms with E-state index < -0.39 is 0 Å². The van der Waals surface area contributed by atoms with Crippen LogP contribution in [0.25, 0.3) is 44.0 Å². The van der Waals surface area contributed by atoms with Gasteiger partial charge >= 0.3 is 26.2 Å². The molecule has 206 valence electrons. The Morgan fingerprint density at radius 3 is 0.976 bits per heavy atom. The molecule has 0 aliphatic rings. The molecule has 2 aromatic heterocycles. The first-order valence-corrected chi connectivity index (χ1v) is 14.8. The van der Waals surface area contributed by atoms with Crippen molar-refractivity contribution in [3.63, 3.8) is 0 Å². The maximum absolute atomic E-state index is 2.24. The van der Waals surface area contributed by atoms with Crippen LogP contribution in [0.2, 0.25) is 0 Å². The van der Waals surface area contributed by atoms with E-state index in [0.29, 0.717) is 0 Å². The minimum atomic E-state index is 0. The van der Waals surface area contributed by atoms with Gasteiger partial charge in [-0.05, 0) is 0 Å². The second kappa shape index (κ2) is 16.5. The van der Waals surface area contributed by atoms with E-state index in [2.05, 4.69) is 149 Å². The van der Waals surface area contributed by atoms with E-state index in [4.69, 9.17) is 0 Å². The molecular weight excluding hydrogens is 656 g/mol. The fraction of sp³-hybridized carbons (Fsp3) is 0.111. The fourth-order valence-corrected chi connectivity index (χ4v) is 7.81. The van der Waals surface area contributed by atoms with Crippen molar-refractivity contribution < 1.29 is 26.2 Å². The van der Waals surface area contributed by atoms with E-state index in [-0.39, 0.29) is 51.0 Å². The number of halogens is 2. The second-order valence-electron chi connectivity index (χ2n) is 9.56. The molecule has 41 heavy (non-hydrogen) atoms. The zero-order valence-corrected chi connectivity index (χ0v) is 29.6. The van der Waals surface area contributed by atoms with Gasteiger partial charge in [-0.2, -0.15) is 16.4 Å². The van der Waals surface area contributed by atoms with Crippen molar-refractivity contribution in [1.29, 1.82) is 0 Å². The normalized spacial score (nSPS) is 10.2. The third-order valence-corrected chi connectivity index (χ3v) is 9.71. The van der Waals surface area contributed by atoms with Crippen molar-refractivity contribution in [2.45, 2.75) is 27.7 Å². The molecule has 0 nitrogen and oxygen atoms in total. The van der Waals surface area contributed by atoms with Crippen LogP contribution in [-0.4, -0.2) is 0 Å². The molecule has 0 radical (unpaired) electrons. The second-order valence-corrected chi connectivity index (χ2v) is 12.2. The summed E-state index contributed by atoms with van der Waals surface area (Å²) in [6.07, 6.45) is 0. The quantitative estimate of drug-likeness (QED) is 0.162. The van der Waals surface area contributed by atoms with Gasteiger partial charge in [-0.25, -0.2) is 0 Å². The Morgan fingerprint density at radius 2 is 0.683 bits per heavy atom. The predicted octanol–water partition coefficient (Wildman–Crippen LogP) is 12.7. The van der Waals surface area contributed by atoms with E-state index in [0.717, 1.165) is 0 Å². The van der Waals surface area contributed by atoms with E-state index in [9.17, 15) is 0 Å². The van der Waals surface area contributed by atoms with Gasteiger partial charge in [0.05, 0.1) is 0 Å². The number of hydrogen-bond donors (Lipinski definition) is 0. The van der Waals surface area contributed by atoms with Gasteiger partial charge in [0, 0.05) is 0 Å². The number of hydrogen-bond acceptors (Lipinski definition) is 0. The van der Waals surface area contributed by atoms with Crippen LogP contribution in [0.4, 0.5) is 0 Å². The van der Waals surface area contributed by atoms with Crippen LogP contribution in [0, 0.1) is 27.7 Å². The van der Waals surface area contributed by atoms with E-state index in [1.54, 1.807) is 0 Å². The predicted molar refractivity (Wildman–Crippen MR) is 184 cm³/mol. The Morgan fingerprint density at radius 1 is 0.415 bits per heavy atom. The molecule has 0 atom stereocenters. The first-order chi connectivity index (χ1) is 18.5. The topological polar surface area (TPSA) is 0 Å². The molecule has 0 aliphatic carbocycles. The van der Waals surface area contributed by atoms with Crippen molar-refractivity contribution in [3.05, 3.63) is 143 Å². The molecular formula is C36H34Cl2P2Zr. The summed E-state index contributed by atoms with van der Waals surface area (Å²) < 4.78 is 0. The largest absolute Gasteiger partial charge is 2.00 e. The molecule has 0 saturated heterocycles. The fourth-order valence-electron chi connectivity index (χ4n) is 5.21. The van der Waals surface area contributed by atoms with Gasteiger partial charge < -0.3 is 0 Å². The maximum atomic E-state index is 2.24. The van der Waals surface area contributed by atoms with Gasteiger partial charge in [0.2, 0.25) is 0 Å². The summed E-state index contributed by atoms with van der Waals surface area (Å²) in [6.45, 7) is 8.97. The number of benzene rings is 4. The minimum absolute atomic E-state index is 0. The Kier molecular flexibility index (Phi) is 14.1. The Bertz CT molecular complexity index is 1500. The van der Waals surface area contributed by atoms with E-state index in [1.807, 2.05) is 0 Å². The van der Waals surface area contributed by atoms with Gasteiger partial charge in [-0.1, -0.05) is 158 Å². The monoisotopic (exact) mass is 688 g/mol. The van der Waals surface area contributed by atoms with Crippen LogP contribution < -0.4 is 0 Å². The molecule has 0 bridgehead atoms. The summed E-state index contributed by atoms with van der Waals surface area (Å²) in [4.78, 5) is 0. The first-order valence-electron chi connectivity index (χ1n) is 13.0. The molecule has 6 aromatic rings. The smallest absolute Gasteiger partial charge is 0.156 e. The Balaban J connectivity index is 0.000000267. The van der Waals surface area contributed by atoms with Gasteiger partial charge in [0.15, 0.2) is 0 Å². The zero-order chi connectivity index (χ0) is 26.5. The van der Waals surface area contributed by atoms with Gasteiger partial charge in [0.1, 0.15) is 0 Å². The zero-order valence-electron chi connectivity index (χ0n) is 23.8. The molecule has 2 heterocycles. The molecule has 5 heteroatoms. The summed E-state index contributed by atoms with van der Waals surface area (Å²) >= 11 is 0. The van der Waals surface area contributed by atoms with Crippen LogP contribution >= 0.6 is 41.2 Å². The van der Waals surface area contributed by atoms with Gasteiger partial charge in [-0.3, -0.25) is 0 Å². The Labute approximate surface area is 280 Å². The van der Waals surface area contributed by atoms with E-state index in [1.165, 1.54) is 82.1 Å². The average molecular weight is 691 g/mol. The molecule has 0 saturated carbocycles. The van der Waals surface area contributed by atoms with Crippen molar-refractivity contribution in [1.82, 2.24) is 0 Å². The SMILES string of the molecule is Cc1p[c-](-c2ccccc2)c(C)c1-c1ccccc1.Cc1p[c-](-c2ccccc2)c(C)c1-c1ccccc1.Cl.Cl.[Zr+2]. The summed E-state index contributed by atoms with van der Waals surface area (Å²) in [7, 11) is 2.69. The van der Waals surface area contributed by atoms with Gasteiger partial charge in [0.25, 0.3) is 0 Å². The van der Waals surface area contributed by atoms with Crippen molar-refractivity contribution in [2.75, 3.05) is 0 Å². The van der Waals surface area contributed by atoms with Gasteiger partial charge in [-0.15, -0.1) is 81.9 Å². The van der Waals surface area contributed by atoms with Crippen LogP contribution in [0.15, 0.2) is 121 Å². The minimum Gasteiger partial charge on any atom is -0.156 e. The van der Waals surface area contributed by atoms with Crippen LogP contribution in [0.5, 0.6) is 0 Å². The molecule has 0 spiro atoms. The van der Waals surface area contributed by atoms with Crippen LogP contribution in [-0.2, 0) is 26.2 Å². The number of rotatable bonds is 4. The summed E-state index contributed by atoms with van der Waals surface area (Å²) in [5, 5.41) is 5.78. The third-order valence-electron chi connectivity index (χ3n) is 6.96. The molecule has 0 amide bonds. The molecule has 6 rings (SSSR count).